The van der Waals surface area contributed by atoms with Crippen molar-refractivity contribution in [2.75, 3.05) is 0 Å². The van der Waals surface area contributed by atoms with Gasteiger partial charge in [0.05, 0.1) is 3.92 Å². The fourth-order valence-corrected chi connectivity index (χ4v) is 3.63. The first kappa shape index (κ1) is 21.9. The number of halogens is 1. The molecule has 2 aliphatic carbocycles. The van der Waals surface area contributed by atoms with E-state index in [9.17, 15) is 5.11 Å². The zero-order chi connectivity index (χ0) is 17.5. The standard InChI is InChI=1S/C18H14IO.C5H5.Fe/c19-17-13-7-12-16(17)18(20,14-8-3-1-4-9-14)15-10-5-2-6-11-15;1-2-4-5-3-1;/h1-13,20H;1-5H;/q;;+2. The summed E-state index contributed by atoms with van der Waals surface area (Å²) in [5.41, 5.74) is 0.661. The van der Waals surface area contributed by atoms with Gasteiger partial charge in [-0.15, -0.1) is 0 Å². The van der Waals surface area contributed by atoms with Crippen LogP contribution in [0.2, 0.25) is 0 Å². The maximum atomic E-state index is 11.5. The molecule has 1 N–H and O–H groups in total. The molecule has 10 radical (unpaired) electrons. The van der Waals surface area contributed by atoms with Gasteiger partial charge in [0.1, 0.15) is 5.60 Å². The summed E-state index contributed by atoms with van der Waals surface area (Å²) in [5, 5.41) is 11.5. The largest absolute Gasteiger partial charge is 2.00 e. The number of hydrogen-bond donors (Lipinski definition) is 1. The molecule has 2 fully saturated rings. The van der Waals surface area contributed by atoms with Gasteiger partial charge in [-0.2, -0.15) is 0 Å². The Balaban J connectivity index is 0.000000351. The minimum Gasteiger partial charge on any atom is -0.380 e. The second-order valence-corrected chi connectivity index (χ2v) is 6.85. The average molecular weight is 494 g/mol. The first-order valence-electron chi connectivity index (χ1n) is 8.14. The SMILES string of the molecule is OC([C]1[CH][CH][CH][C]1I)(c1ccccc1)c1ccccc1.[CH]1[CH][CH][CH][CH]1.[Fe+2]. The number of benzene rings is 2. The third kappa shape index (κ3) is 5.13. The fourth-order valence-electron chi connectivity index (χ4n) is 2.85. The van der Waals surface area contributed by atoms with Crippen LogP contribution in [0.1, 0.15) is 11.1 Å². The van der Waals surface area contributed by atoms with Gasteiger partial charge < -0.3 is 5.11 Å². The van der Waals surface area contributed by atoms with Crippen molar-refractivity contribution in [2.45, 2.75) is 5.60 Å². The van der Waals surface area contributed by atoms with E-state index < -0.39 is 5.60 Å². The van der Waals surface area contributed by atoms with E-state index in [1.165, 1.54) is 0 Å². The van der Waals surface area contributed by atoms with Crippen molar-refractivity contribution < 1.29 is 22.2 Å². The molecule has 2 aromatic carbocycles. The summed E-state index contributed by atoms with van der Waals surface area (Å²) in [6.45, 7) is 0. The van der Waals surface area contributed by atoms with Crippen molar-refractivity contribution in [1.29, 1.82) is 0 Å². The van der Waals surface area contributed by atoms with Crippen LogP contribution < -0.4 is 0 Å². The van der Waals surface area contributed by atoms with Crippen molar-refractivity contribution in [3.05, 3.63) is 133 Å². The normalized spacial score (nSPS) is 18.1. The monoisotopic (exact) mass is 494 g/mol. The van der Waals surface area contributed by atoms with Gasteiger partial charge in [-0.25, -0.2) is 0 Å². The van der Waals surface area contributed by atoms with E-state index >= 15 is 0 Å². The van der Waals surface area contributed by atoms with Crippen LogP contribution in [0.5, 0.6) is 0 Å². The van der Waals surface area contributed by atoms with E-state index in [-0.39, 0.29) is 17.1 Å². The van der Waals surface area contributed by atoms with E-state index in [2.05, 4.69) is 22.6 Å². The van der Waals surface area contributed by atoms with Crippen LogP contribution in [0.15, 0.2) is 60.7 Å². The van der Waals surface area contributed by atoms with E-state index in [0.717, 1.165) is 21.0 Å². The number of aliphatic hydroxyl groups is 1. The van der Waals surface area contributed by atoms with E-state index in [0.29, 0.717) is 0 Å². The van der Waals surface area contributed by atoms with E-state index in [4.69, 9.17) is 0 Å². The Bertz CT molecular complexity index is 580. The molecule has 0 saturated heterocycles. The first-order chi connectivity index (χ1) is 12.2. The molecule has 130 valence electrons. The second-order valence-electron chi connectivity index (χ2n) is 5.69. The summed E-state index contributed by atoms with van der Waals surface area (Å²) < 4.78 is 1.07. The summed E-state index contributed by atoms with van der Waals surface area (Å²) in [6.07, 6.45) is 16.0. The van der Waals surface area contributed by atoms with Crippen molar-refractivity contribution in [3.63, 3.8) is 0 Å². The predicted molar refractivity (Wildman–Crippen MR) is 111 cm³/mol. The third-order valence-electron chi connectivity index (χ3n) is 4.09. The van der Waals surface area contributed by atoms with Gasteiger partial charge in [0.25, 0.3) is 0 Å². The molecular weight excluding hydrogens is 475 g/mol. The summed E-state index contributed by atoms with van der Waals surface area (Å²) in [7, 11) is 0. The van der Waals surface area contributed by atoms with Crippen LogP contribution in [0, 0.1) is 61.2 Å². The predicted octanol–water partition coefficient (Wildman–Crippen LogP) is 5.11. The Morgan fingerprint density at radius 2 is 1.04 bits per heavy atom. The molecule has 0 bridgehead atoms. The Kier molecular flexibility index (Phi) is 9.16. The van der Waals surface area contributed by atoms with Crippen molar-refractivity contribution in [2.24, 2.45) is 0 Å². The summed E-state index contributed by atoms with van der Waals surface area (Å²) in [4.78, 5) is 0. The van der Waals surface area contributed by atoms with Gasteiger partial charge in [0.15, 0.2) is 0 Å². The molecule has 4 rings (SSSR count). The number of rotatable bonds is 3. The fraction of sp³-hybridized carbons (Fsp3) is 0.0435. The van der Waals surface area contributed by atoms with Gasteiger partial charge in [0, 0.05) is 5.92 Å². The van der Waals surface area contributed by atoms with Crippen LogP contribution in [0.25, 0.3) is 0 Å². The van der Waals surface area contributed by atoms with Gasteiger partial charge in [0.2, 0.25) is 0 Å². The molecule has 0 aliphatic heterocycles. The third-order valence-corrected chi connectivity index (χ3v) is 5.03. The first-order valence-corrected chi connectivity index (χ1v) is 9.22. The molecule has 0 amide bonds. The average Bonchev–Trinajstić information content (AvgIpc) is 3.38. The van der Waals surface area contributed by atoms with Gasteiger partial charge in [-0.05, 0) is 62.5 Å². The maximum Gasteiger partial charge on any atom is 2.00 e. The molecular formula is C23H19FeIO+2. The Morgan fingerprint density at radius 3 is 1.38 bits per heavy atom. The van der Waals surface area contributed by atoms with Crippen molar-refractivity contribution >= 4 is 22.6 Å². The minimum absolute atomic E-state index is 0. The zero-order valence-electron chi connectivity index (χ0n) is 14.1. The molecule has 0 unspecified atom stereocenters. The van der Waals surface area contributed by atoms with Crippen molar-refractivity contribution in [3.8, 4) is 0 Å². The molecule has 1 nitrogen and oxygen atoms in total. The van der Waals surface area contributed by atoms with E-state index in [1.807, 2.05) is 112 Å². The Hall–Kier alpha value is -0.351. The zero-order valence-corrected chi connectivity index (χ0v) is 17.3. The molecule has 26 heavy (non-hydrogen) atoms. The van der Waals surface area contributed by atoms with Crippen LogP contribution in [0.3, 0.4) is 0 Å². The summed E-state index contributed by atoms with van der Waals surface area (Å²) in [6, 6.07) is 19.6. The quantitative estimate of drug-likeness (QED) is 0.465. The van der Waals surface area contributed by atoms with Crippen LogP contribution in [0.4, 0.5) is 0 Å². The molecule has 0 heterocycles. The topological polar surface area (TPSA) is 20.2 Å². The summed E-state index contributed by atoms with van der Waals surface area (Å²) in [5.74, 6) is 0.926. The van der Waals surface area contributed by atoms with Gasteiger partial charge in [-0.3, -0.25) is 0 Å². The van der Waals surface area contributed by atoms with E-state index in [1.54, 1.807) is 0 Å². The van der Waals surface area contributed by atoms with Crippen LogP contribution >= 0.6 is 22.6 Å². The molecule has 0 atom stereocenters. The molecule has 0 spiro atoms. The molecule has 0 aromatic heterocycles. The second kappa shape index (κ2) is 10.8. The summed E-state index contributed by atoms with van der Waals surface area (Å²) >= 11 is 2.27. The van der Waals surface area contributed by atoms with Gasteiger partial charge >= 0.3 is 17.1 Å². The van der Waals surface area contributed by atoms with Crippen LogP contribution in [-0.4, -0.2) is 5.11 Å². The smallest absolute Gasteiger partial charge is 0.380 e. The number of hydrogen-bond acceptors (Lipinski definition) is 1. The Labute approximate surface area is 182 Å². The van der Waals surface area contributed by atoms with Crippen LogP contribution in [-0.2, 0) is 22.7 Å². The maximum absolute atomic E-state index is 11.5. The van der Waals surface area contributed by atoms with Crippen molar-refractivity contribution in [1.82, 2.24) is 0 Å². The molecule has 2 saturated carbocycles. The Morgan fingerprint density at radius 1 is 0.615 bits per heavy atom. The molecule has 3 heteroatoms. The molecule has 2 aromatic rings. The minimum atomic E-state index is -1.11. The molecule has 2 aliphatic rings. The van der Waals surface area contributed by atoms with Gasteiger partial charge in [-0.1, -0.05) is 83.3 Å².